The Morgan fingerprint density at radius 2 is 2.21 bits per heavy atom. The molecule has 2 aromatic rings. The molecular formula is C12H11N3O4. The monoisotopic (exact) mass is 261 g/mol. The van der Waals surface area contributed by atoms with Crippen LogP contribution in [-0.2, 0) is 16.1 Å². The molecule has 0 saturated heterocycles. The van der Waals surface area contributed by atoms with Crippen LogP contribution in [0.4, 0.5) is 5.69 Å². The molecule has 1 aliphatic heterocycles. The van der Waals surface area contributed by atoms with E-state index < -0.39 is 11.7 Å². The molecule has 98 valence electrons. The number of aromatic nitrogens is 2. The molecule has 0 spiro atoms. The van der Waals surface area contributed by atoms with Gasteiger partial charge in [0.15, 0.2) is 0 Å². The van der Waals surface area contributed by atoms with Gasteiger partial charge < -0.3 is 10.2 Å². The zero-order chi connectivity index (χ0) is 13.6. The molecule has 7 heteroatoms. The number of para-hydroxylation sites is 1. The first-order chi connectivity index (χ1) is 9.11. The molecule has 1 N–H and O–H groups in total. The molecule has 0 bridgehead atoms. The number of hydrogen-bond acceptors (Lipinski definition) is 4. The van der Waals surface area contributed by atoms with Crippen LogP contribution in [0.5, 0.6) is 0 Å². The summed E-state index contributed by atoms with van der Waals surface area (Å²) in [6.45, 7) is 1.56. The molecule has 2 heterocycles. The Labute approximate surface area is 107 Å². The fourth-order valence-corrected chi connectivity index (χ4v) is 2.12. The van der Waals surface area contributed by atoms with E-state index >= 15 is 0 Å². The molecule has 1 aromatic carbocycles. The maximum absolute atomic E-state index is 12.2. The highest BCUT2D eigenvalue weighted by atomic mass is 16.7. The summed E-state index contributed by atoms with van der Waals surface area (Å²) in [4.78, 5) is 40.1. The van der Waals surface area contributed by atoms with Crippen molar-refractivity contribution in [2.45, 2.75) is 19.9 Å². The van der Waals surface area contributed by atoms with Crippen molar-refractivity contribution in [2.24, 2.45) is 0 Å². The van der Waals surface area contributed by atoms with Crippen LogP contribution in [0, 0.1) is 0 Å². The summed E-state index contributed by atoms with van der Waals surface area (Å²) in [6.07, 6.45) is 0.163. The minimum atomic E-state index is -0.529. The quantitative estimate of drug-likeness (QED) is 0.832. The summed E-state index contributed by atoms with van der Waals surface area (Å²) in [5, 5.41) is 2.68. The molecule has 1 amide bonds. The molecule has 3 rings (SSSR count). The van der Waals surface area contributed by atoms with Crippen molar-refractivity contribution in [3.63, 3.8) is 0 Å². The van der Waals surface area contributed by atoms with Crippen LogP contribution in [0.15, 0.2) is 23.0 Å². The number of amides is 1. The third-order valence-corrected chi connectivity index (χ3v) is 2.97. The third kappa shape index (κ3) is 1.62. The van der Waals surface area contributed by atoms with Gasteiger partial charge in [0.25, 0.3) is 0 Å². The van der Waals surface area contributed by atoms with Crippen molar-refractivity contribution in [1.82, 2.24) is 9.30 Å². The Kier molecular flexibility index (Phi) is 2.41. The largest absolute Gasteiger partial charge is 0.363 e. The number of nitrogens with zero attached hydrogens (tertiary/aromatic N) is 2. The van der Waals surface area contributed by atoms with E-state index in [0.717, 1.165) is 4.73 Å². The van der Waals surface area contributed by atoms with Crippen LogP contribution in [-0.4, -0.2) is 21.2 Å². The van der Waals surface area contributed by atoms with Gasteiger partial charge in [0, 0.05) is 6.42 Å². The van der Waals surface area contributed by atoms with Crippen LogP contribution >= 0.6 is 0 Å². The number of rotatable bonds is 2. The highest BCUT2D eigenvalue weighted by Crippen LogP contribution is 2.25. The van der Waals surface area contributed by atoms with Crippen molar-refractivity contribution >= 4 is 28.6 Å². The Balaban J connectivity index is 2.29. The summed E-state index contributed by atoms with van der Waals surface area (Å²) in [7, 11) is 0. The Morgan fingerprint density at radius 3 is 2.95 bits per heavy atom. The van der Waals surface area contributed by atoms with Gasteiger partial charge in [-0.15, -0.1) is 4.73 Å². The second-order valence-corrected chi connectivity index (χ2v) is 4.20. The fourth-order valence-electron chi connectivity index (χ4n) is 2.12. The first kappa shape index (κ1) is 11.5. The molecule has 7 nitrogen and oxygen atoms in total. The van der Waals surface area contributed by atoms with Gasteiger partial charge in [-0.2, -0.15) is 0 Å². The summed E-state index contributed by atoms with van der Waals surface area (Å²) in [5.74, 6) is -0.785. The summed E-state index contributed by atoms with van der Waals surface area (Å²) < 4.78 is 2.23. The van der Waals surface area contributed by atoms with Gasteiger partial charge in [0.2, 0.25) is 5.91 Å². The molecule has 19 heavy (non-hydrogen) atoms. The van der Waals surface area contributed by atoms with Crippen molar-refractivity contribution in [1.29, 1.82) is 0 Å². The van der Waals surface area contributed by atoms with Gasteiger partial charge in [-0.1, -0.05) is 13.0 Å². The molecule has 1 aliphatic rings. The number of benzene rings is 1. The third-order valence-electron chi connectivity index (χ3n) is 2.97. The minimum Gasteiger partial charge on any atom is -0.332 e. The lowest BCUT2D eigenvalue weighted by Gasteiger charge is -2.13. The van der Waals surface area contributed by atoms with Crippen molar-refractivity contribution < 1.29 is 14.4 Å². The number of nitrogens with one attached hydrogen (secondary N) is 1. The fraction of sp³-hybridized carbons (Fsp3) is 0.250. The number of hydrogen-bond donors (Lipinski definition) is 1. The van der Waals surface area contributed by atoms with E-state index in [-0.39, 0.29) is 18.9 Å². The molecule has 0 fully saturated rings. The predicted octanol–water partition coefficient (Wildman–Crippen LogP) is 0.120. The van der Waals surface area contributed by atoms with E-state index in [0.29, 0.717) is 16.7 Å². The highest BCUT2D eigenvalue weighted by molar-refractivity contribution is 6.03. The average Bonchev–Trinajstić information content (AvgIpc) is 2.66. The van der Waals surface area contributed by atoms with Crippen LogP contribution in [0.1, 0.15) is 13.3 Å². The predicted molar refractivity (Wildman–Crippen MR) is 66.7 cm³/mol. The van der Waals surface area contributed by atoms with Gasteiger partial charge in [0.1, 0.15) is 12.1 Å². The van der Waals surface area contributed by atoms with Crippen molar-refractivity contribution in [3.8, 4) is 0 Å². The van der Waals surface area contributed by atoms with E-state index in [4.69, 9.17) is 4.84 Å². The highest BCUT2D eigenvalue weighted by Gasteiger charge is 2.24. The Hall–Kier alpha value is -2.57. The van der Waals surface area contributed by atoms with Crippen LogP contribution in [0.2, 0.25) is 0 Å². The zero-order valence-electron chi connectivity index (χ0n) is 10.2. The lowest BCUT2D eigenvalue weighted by Crippen LogP contribution is -2.35. The Morgan fingerprint density at radius 1 is 1.42 bits per heavy atom. The van der Waals surface area contributed by atoms with Gasteiger partial charge in [-0.3, -0.25) is 9.36 Å². The van der Waals surface area contributed by atoms with Crippen LogP contribution < -0.4 is 15.8 Å². The molecule has 0 unspecified atom stereocenters. The van der Waals surface area contributed by atoms with Gasteiger partial charge in [0.05, 0.1) is 11.2 Å². The Bertz CT molecular complexity index is 756. The van der Waals surface area contributed by atoms with Crippen molar-refractivity contribution in [3.05, 3.63) is 28.7 Å². The topological polar surface area (TPSA) is 82.3 Å². The standard InChI is InChI=1S/C12H11N3O4/c1-2-10(17)19-15-8-5-3-4-7-11(8)14(12(15)18)6-9(16)13-7/h3-5H,2,6H2,1H3,(H,13,16). The summed E-state index contributed by atoms with van der Waals surface area (Å²) >= 11 is 0. The van der Waals surface area contributed by atoms with Gasteiger partial charge in [-0.05, 0) is 12.1 Å². The lowest BCUT2D eigenvalue weighted by atomic mass is 10.2. The number of imidazole rings is 1. The van der Waals surface area contributed by atoms with E-state index in [2.05, 4.69) is 5.32 Å². The molecule has 0 atom stereocenters. The van der Waals surface area contributed by atoms with E-state index in [1.807, 2.05) is 0 Å². The second kappa shape index (κ2) is 3.98. The molecule has 1 aromatic heterocycles. The van der Waals surface area contributed by atoms with E-state index in [9.17, 15) is 14.4 Å². The van der Waals surface area contributed by atoms with Gasteiger partial charge >= 0.3 is 11.7 Å². The van der Waals surface area contributed by atoms with Crippen LogP contribution in [0.25, 0.3) is 11.0 Å². The van der Waals surface area contributed by atoms with Crippen molar-refractivity contribution in [2.75, 3.05) is 5.32 Å². The SMILES string of the molecule is CCC(=O)On1c(=O)n2c3c(cccc31)NC(=O)C2. The maximum Gasteiger partial charge on any atom is 0.363 e. The smallest absolute Gasteiger partial charge is 0.332 e. The van der Waals surface area contributed by atoms with Gasteiger partial charge in [-0.25, -0.2) is 9.59 Å². The summed E-state index contributed by atoms with van der Waals surface area (Å²) in [5.41, 5.74) is 1.04. The summed E-state index contributed by atoms with van der Waals surface area (Å²) in [6, 6.07) is 5.04. The second-order valence-electron chi connectivity index (χ2n) is 4.20. The maximum atomic E-state index is 12.2. The minimum absolute atomic E-state index is 0.0803. The molecule has 0 saturated carbocycles. The van der Waals surface area contributed by atoms with Crippen LogP contribution in [0.3, 0.4) is 0 Å². The van der Waals surface area contributed by atoms with E-state index in [1.54, 1.807) is 25.1 Å². The molecular weight excluding hydrogens is 250 g/mol. The average molecular weight is 261 g/mol. The normalized spacial score (nSPS) is 13.4. The van der Waals surface area contributed by atoms with E-state index in [1.165, 1.54) is 4.57 Å². The number of carbonyl (C=O) groups is 2. The first-order valence-corrected chi connectivity index (χ1v) is 5.87. The molecule has 0 radical (unpaired) electrons. The number of carbonyl (C=O) groups excluding carboxylic acids is 2. The molecule has 0 aliphatic carbocycles. The zero-order valence-corrected chi connectivity index (χ0v) is 10.2. The lowest BCUT2D eigenvalue weighted by molar-refractivity contribution is -0.143. The number of anilines is 1. The first-order valence-electron chi connectivity index (χ1n) is 5.87.